The summed E-state index contributed by atoms with van der Waals surface area (Å²) < 4.78 is 0.797. The lowest BCUT2D eigenvalue weighted by Gasteiger charge is -2.32. The van der Waals surface area contributed by atoms with Crippen LogP contribution in [0.1, 0.15) is 24.1 Å². The van der Waals surface area contributed by atoms with Gasteiger partial charge in [-0.2, -0.15) is 0 Å². The van der Waals surface area contributed by atoms with E-state index >= 15 is 0 Å². The average molecular weight is 287 g/mol. The minimum atomic E-state index is 0.263. The van der Waals surface area contributed by atoms with E-state index in [0.29, 0.717) is 12.5 Å². The molecule has 5 heteroatoms. The summed E-state index contributed by atoms with van der Waals surface area (Å²) in [6.45, 7) is 1.75. The molecule has 0 spiro atoms. The Hall–Kier alpha value is -0.580. The summed E-state index contributed by atoms with van der Waals surface area (Å²) in [7, 11) is 1.96. The SMILES string of the molecule is CNC1CCCN(C(=O)CCc2ccc(Cl)s2)C1. The van der Waals surface area contributed by atoms with Crippen LogP contribution in [0.2, 0.25) is 4.34 Å². The molecule has 0 radical (unpaired) electrons. The Labute approximate surface area is 117 Å². The lowest BCUT2D eigenvalue weighted by atomic mass is 10.1. The van der Waals surface area contributed by atoms with E-state index in [1.807, 2.05) is 24.1 Å². The predicted octanol–water partition coefficient (Wildman–Crippen LogP) is 2.54. The second-order valence-electron chi connectivity index (χ2n) is 4.67. The topological polar surface area (TPSA) is 32.3 Å². The summed E-state index contributed by atoms with van der Waals surface area (Å²) in [5.74, 6) is 0.263. The minimum Gasteiger partial charge on any atom is -0.341 e. The number of amides is 1. The van der Waals surface area contributed by atoms with Crippen LogP contribution in [0.25, 0.3) is 0 Å². The molecule has 0 bridgehead atoms. The molecular formula is C13H19ClN2OS. The van der Waals surface area contributed by atoms with Crippen LogP contribution < -0.4 is 5.32 Å². The summed E-state index contributed by atoms with van der Waals surface area (Å²) in [4.78, 5) is 15.3. The number of nitrogens with one attached hydrogen (secondary N) is 1. The first-order chi connectivity index (χ1) is 8.69. The number of likely N-dealkylation sites (tertiary alicyclic amines) is 1. The standard InChI is InChI=1S/C13H19ClN2OS/c1-15-10-3-2-8-16(9-10)13(17)7-5-11-4-6-12(14)18-11/h4,6,10,15H,2-3,5,7-9H2,1H3. The Balaban J connectivity index is 1.80. The van der Waals surface area contributed by atoms with Crippen LogP contribution in [-0.4, -0.2) is 37.0 Å². The van der Waals surface area contributed by atoms with Crippen LogP contribution >= 0.6 is 22.9 Å². The molecule has 1 aliphatic heterocycles. The van der Waals surface area contributed by atoms with Gasteiger partial charge >= 0.3 is 0 Å². The smallest absolute Gasteiger partial charge is 0.222 e. The molecule has 1 atom stereocenters. The molecular weight excluding hydrogens is 268 g/mol. The van der Waals surface area contributed by atoms with Crippen molar-refractivity contribution in [3.05, 3.63) is 21.3 Å². The van der Waals surface area contributed by atoms with E-state index in [2.05, 4.69) is 5.32 Å². The van der Waals surface area contributed by atoms with Crippen molar-refractivity contribution in [2.24, 2.45) is 0 Å². The number of carbonyl (C=O) groups excluding carboxylic acids is 1. The Morgan fingerprint density at radius 3 is 3.11 bits per heavy atom. The van der Waals surface area contributed by atoms with Gasteiger partial charge in [0.15, 0.2) is 0 Å². The van der Waals surface area contributed by atoms with Crippen LogP contribution in [0.5, 0.6) is 0 Å². The summed E-state index contributed by atoms with van der Waals surface area (Å²) in [5, 5.41) is 3.26. The van der Waals surface area contributed by atoms with Crippen LogP contribution in [0.4, 0.5) is 0 Å². The maximum Gasteiger partial charge on any atom is 0.222 e. The first-order valence-electron chi connectivity index (χ1n) is 6.38. The molecule has 2 rings (SSSR count). The second-order valence-corrected chi connectivity index (χ2v) is 6.47. The molecule has 1 amide bonds. The lowest BCUT2D eigenvalue weighted by molar-refractivity contribution is -0.132. The largest absolute Gasteiger partial charge is 0.341 e. The molecule has 2 heterocycles. The zero-order valence-electron chi connectivity index (χ0n) is 10.6. The molecule has 1 aliphatic rings. The number of rotatable bonds is 4. The Morgan fingerprint density at radius 1 is 1.61 bits per heavy atom. The van der Waals surface area contributed by atoms with Crippen molar-refractivity contribution in [2.45, 2.75) is 31.7 Å². The molecule has 100 valence electrons. The average Bonchev–Trinajstić information content (AvgIpc) is 2.82. The van der Waals surface area contributed by atoms with E-state index in [1.54, 1.807) is 11.3 Å². The Bertz CT molecular complexity index is 407. The van der Waals surface area contributed by atoms with E-state index < -0.39 is 0 Å². The molecule has 1 aromatic heterocycles. The highest BCUT2D eigenvalue weighted by Crippen LogP contribution is 2.23. The first kappa shape index (κ1) is 13.8. The van der Waals surface area contributed by atoms with Gasteiger partial charge < -0.3 is 10.2 Å². The maximum atomic E-state index is 12.1. The fourth-order valence-electron chi connectivity index (χ4n) is 2.31. The number of aryl methyl sites for hydroxylation is 1. The van der Waals surface area contributed by atoms with Gasteiger partial charge in [0.25, 0.3) is 0 Å². The lowest BCUT2D eigenvalue weighted by Crippen LogP contribution is -2.47. The quantitative estimate of drug-likeness (QED) is 0.923. The van der Waals surface area contributed by atoms with Gasteiger partial charge in [0, 0.05) is 30.4 Å². The molecule has 0 aliphatic carbocycles. The van der Waals surface area contributed by atoms with Crippen molar-refractivity contribution in [1.82, 2.24) is 10.2 Å². The zero-order valence-corrected chi connectivity index (χ0v) is 12.2. The fourth-order valence-corrected chi connectivity index (χ4v) is 3.40. The van der Waals surface area contributed by atoms with Gasteiger partial charge in [0.05, 0.1) is 4.34 Å². The molecule has 1 fully saturated rings. The summed E-state index contributed by atoms with van der Waals surface area (Å²) in [6.07, 6.45) is 3.66. The summed E-state index contributed by atoms with van der Waals surface area (Å²) >= 11 is 7.44. The number of carbonyl (C=O) groups is 1. The second kappa shape index (κ2) is 6.55. The van der Waals surface area contributed by atoms with E-state index in [0.717, 1.165) is 30.3 Å². The normalized spacial score (nSPS) is 20.1. The van der Waals surface area contributed by atoms with Gasteiger partial charge in [0.1, 0.15) is 0 Å². The zero-order chi connectivity index (χ0) is 13.0. The summed E-state index contributed by atoms with van der Waals surface area (Å²) in [5.41, 5.74) is 0. The monoisotopic (exact) mass is 286 g/mol. The number of halogens is 1. The third-order valence-electron chi connectivity index (χ3n) is 3.40. The molecule has 18 heavy (non-hydrogen) atoms. The summed E-state index contributed by atoms with van der Waals surface area (Å²) in [6, 6.07) is 4.36. The first-order valence-corrected chi connectivity index (χ1v) is 7.57. The van der Waals surface area contributed by atoms with E-state index in [-0.39, 0.29) is 5.91 Å². The Morgan fingerprint density at radius 2 is 2.44 bits per heavy atom. The number of nitrogens with zero attached hydrogens (tertiary/aromatic N) is 1. The van der Waals surface area contributed by atoms with Crippen molar-refractivity contribution in [3.63, 3.8) is 0 Å². The molecule has 1 saturated heterocycles. The highest BCUT2D eigenvalue weighted by molar-refractivity contribution is 7.16. The number of likely N-dealkylation sites (N-methyl/N-ethyl adjacent to an activating group) is 1. The van der Waals surface area contributed by atoms with Crippen molar-refractivity contribution in [2.75, 3.05) is 20.1 Å². The van der Waals surface area contributed by atoms with Crippen molar-refractivity contribution in [3.8, 4) is 0 Å². The van der Waals surface area contributed by atoms with Gasteiger partial charge in [-0.1, -0.05) is 11.6 Å². The molecule has 1 aromatic rings. The van der Waals surface area contributed by atoms with Gasteiger partial charge in [-0.15, -0.1) is 11.3 Å². The van der Waals surface area contributed by atoms with Gasteiger partial charge in [0.2, 0.25) is 5.91 Å². The van der Waals surface area contributed by atoms with Crippen LogP contribution in [-0.2, 0) is 11.2 Å². The predicted molar refractivity (Wildman–Crippen MR) is 76.3 cm³/mol. The number of thiophene rings is 1. The maximum absolute atomic E-state index is 12.1. The minimum absolute atomic E-state index is 0.263. The molecule has 0 saturated carbocycles. The highest BCUT2D eigenvalue weighted by Gasteiger charge is 2.22. The molecule has 1 N–H and O–H groups in total. The number of hydrogen-bond donors (Lipinski definition) is 1. The van der Waals surface area contributed by atoms with Gasteiger partial charge in [-0.3, -0.25) is 4.79 Å². The Kier molecular flexibility index (Phi) is 5.03. The van der Waals surface area contributed by atoms with E-state index in [1.165, 1.54) is 11.3 Å². The molecule has 3 nitrogen and oxygen atoms in total. The molecule has 1 unspecified atom stereocenters. The van der Waals surface area contributed by atoms with Gasteiger partial charge in [-0.25, -0.2) is 0 Å². The van der Waals surface area contributed by atoms with Crippen LogP contribution in [0, 0.1) is 0 Å². The van der Waals surface area contributed by atoms with E-state index in [9.17, 15) is 4.79 Å². The van der Waals surface area contributed by atoms with Crippen LogP contribution in [0.3, 0.4) is 0 Å². The third kappa shape index (κ3) is 3.70. The van der Waals surface area contributed by atoms with Gasteiger partial charge in [-0.05, 0) is 38.4 Å². The van der Waals surface area contributed by atoms with Crippen LogP contribution in [0.15, 0.2) is 12.1 Å². The third-order valence-corrected chi connectivity index (χ3v) is 4.69. The number of piperidine rings is 1. The highest BCUT2D eigenvalue weighted by atomic mass is 35.5. The molecule has 0 aromatic carbocycles. The number of hydrogen-bond acceptors (Lipinski definition) is 3. The van der Waals surface area contributed by atoms with Crippen molar-refractivity contribution < 1.29 is 4.79 Å². The van der Waals surface area contributed by atoms with Crippen molar-refractivity contribution >= 4 is 28.8 Å². The van der Waals surface area contributed by atoms with E-state index in [4.69, 9.17) is 11.6 Å². The fraction of sp³-hybridized carbons (Fsp3) is 0.615. The van der Waals surface area contributed by atoms with Crippen molar-refractivity contribution in [1.29, 1.82) is 0 Å².